The molecule has 0 saturated carbocycles. The van der Waals surface area contributed by atoms with Crippen LogP contribution in [0.25, 0.3) is 0 Å². The van der Waals surface area contributed by atoms with Gasteiger partial charge in [-0.1, -0.05) is 23.2 Å². The molecule has 1 fully saturated rings. The fourth-order valence-corrected chi connectivity index (χ4v) is 4.58. The highest BCUT2D eigenvalue weighted by atomic mass is 35.5. The highest BCUT2D eigenvalue weighted by Crippen LogP contribution is 2.23. The van der Waals surface area contributed by atoms with E-state index in [9.17, 15) is 8.42 Å². The van der Waals surface area contributed by atoms with Crippen LogP contribution in [0.15, 0.2) is 18.2 Å². The van der Waals surface area contributed by atoms with Crippen LogP contribution >= 0.6 is 35.6 Å². The molecule has 1 N–H and O–H groups in total. The van der Waals surface area contributed by atoms with Gasteiger partial charge in [0.05, 0.1) is 5.75 Å². The first-order valence-corrected chi connectivity index (χ1v) is 8.87. The van der Waals surface area contributed by atoms with E-state index in [4.69, 9.17) is 23.2 Å². The molecule has 1 aromatic rings. The Hall–Kier alpha value is -0.0400. The Kier molecular flexibility index (Phi) is 7.24. The maximum Gasteiger partial charge on any atom is 0.218 e. The zero-order valence-electron chi connectivity index (χ0n) is 11.7. The van der Waals surface area contributed by atoms with Gasteiger partial charge in [0.15, 0.2) is 0 Å². The van der Waals surface area contributed by atoms with Gasteiger partial charge in [-0.25, -0.2) is 12.7 Å². The van der Waals surface area contributed by atoms with Gasteiger partial charge in [-0.05, 0) is 43.7 Å². The van der Waals surface area contributed by atoms with E-state index in [0.717, 1.165) is 12.8 Å². The third-order valence-corrected chi connectivity index (χ3v) is 5.71. The number of halogens is 3. The van der Waals surface area contributed by atoms with Crippen molar-refractivity contribution in [3.63, 3.8) is 0 Å². The molecule has 1 saturated heterocycles. The summed E-state index contributed by atoms with van der Waals surface area (Å²) in [6, 6.07) is 5.10. The Morgan fingerprint density at radius 3 is 2.48 bits per heavy atom. The molecule has 1 atom stereocenters. The topological polar surface area (TPSA) is 49.4 Å². The molecular formula is C13H19Cl3N2O2S. The van der Waals surface area contributed by atoms with Gasteiger partial charge < -0.3 is 5.32 Å². The maximum absolute atomic E-state index is 12.5. The number of piperidine rings is 1. The van der Waals surface area contributed by atoms with Crippen molar-refractivity contribution in [1.82, 2.24) is 9.62 Å². The second kappa shape index (κ2) is 7.99. The zero-order chi connectivity index (χ0) is 14.8. The molecule has 4 nitrogen and oxygen atoms in total. The molecule has 1 heterocycles. The van der Waals surface area contributed by atoms with Crippen molar-refractivity contribution in [2.45, 2.75) is 24.6 Å². The van der Waals surface area contributed by atoms with Crippen LogP contribution in [0, 0.1) is 0 Å². The molecule has 0 spiro atoms. The van der Waals surface area contributed by atoms with Gasteiger partial charge >= 0.3 is 0 Å². The van der Waals surface area contributed by atoms with Crippen molar-refractivity contribution in [1.29, 1.82) is 0 Å². The minimum atomic E-state index is -3.34. The first kappa shape index (κ1) is 19.0. The Bertz CT molecular complexity index is 561. The van der Waals surface area contributed by atoms with Crippen LogP contribution < -0.4 is 5.32 Å². The lowest BCUT2D eigenvalue weighted by Gasteiger charge is -2.31. The highest BCUT2D eigenvalue weighted by Gasteiger charge is 2.28. The van der Waals surface area contributed by atoms with Crippen molar-refractivity contribution < 1.29 is 8.42 Å². The number of sulfonamides is 1. The van der Waals surface area contributed by atoms with Gasteiger partial charge in [-0.3, -0.25) is 0 Å². The van der Waals surface area contributed by atoms with Crippen LogP contribution in [0.1, 0.15) is 18.4 Å². The number of likely N-dealkylation sites (N-methyl/N-ethyl adjacent to an activating group) is 1. The minimum absolute atomic E-state index is 0. The van der Waals surface area contributed by atoms with Gasteiger partial charge in [0, 0.05) is 29.2 Å². The molecular weight excluding hydrogens is 355 g/mol. The lowest BCUT2D eigenvalue weighted by atomic mass is 10.1. The fraction of sp³-hybridized carbons (Fsp3) is 0.538. The summed E-state index contributed by atoms with van der Waals surface area (Å²) in [4.78, 5) is 0. The minimum Gasteiger partial charge on any atom is -0.316 e. The third kappa shape index (κ3) is 5.27. The molecule has 1 aliphatic rings. The smallest absolute Gasteiger partial charge is 0.218 e. The van der Waals surface area contributed by atoms with Gasteiger partial charge in [0.2, 0.25) is 10.0 Å². The van der Waals surface area contributed by atoms with E-state index < -0.39 is 10.0 Å². The van der Waals surface area contributed by atoms with Crippen LogP contribution in [-0.2, 0) is 15.8 Å². The molecule has 1 aliphatic heterocycles. The summed E-state index contributed by atoms with van der Waals surface area (Å²) in [6.45, 7) is 1.10. The quantitative estimate of drug-likeness (QED) is 0.883. The monoisotopic (exact) mass is 372 g/mol. The molecule has 21 heavy (non-hydrogen) atoms. The lowest BCUT2D eigenvalue weighted by Crippen LogP contribution is -2.47. The molecule has 2 rings (SSSR count). The Morgan fingerprint density at radius 2 is 1.90 bits per heavy atom. The zero-order valence-corrected chi connectivity index (χ0v) is 14.8. The number of nitrogens with zero attached hydrogens (tertiary/aromatic N) is 1. The molecule has 0 aliphatic carbocycles. The van der Waals surface area contributed by atoms with Crippen LogP contribution in [-0.4, -0.2) is 38.9 Å². The summed E-state index contributed by atoms with van der Waals surface area (Å²) in [5.74, 6) is -0.0658. The number of hydrogen-bond donors (Lipinski definition) is 1. The molecule has 1 aromatic carbocycles. The van der Waals surface area contributed by atoms with E-state index in [2.05, 4.69) is 5.32 Å². The van der Waals surface area contributed by atoms with E-state index in [-0.39, 0.29) is 24.2 Å². The van der Waals surface area contributed by atoms with Crippen LogP contribution in [0.3, 0.4) is 0 Å². The second-order valence-electron chi connectivity index (χ2n) is 5.02. The summed E-state index contributed by atoms with van der Waals surface area (Å²) in [7, 11) is -1.48. The molecule has 0 radical (unpaired) electrons. The average molecular weight is 374 g/mol. The molecule has 8 heteroatoms. The van der Waals surface area contributed by atoms with Crippen LogP contribution in [0.5, 0.6) is 0 Å². The Labute approximate surface area is 142 Å². The van der Waals surface area contributed by atoms with Crippen molar-refractivity contribution in [2.24, 2.45) is 0 Å². The van der Waals surface area contributed by atoms with Crippen molar-refractivity contribution in [3.8, 4) is 0 Å². The molecule has 0 bridgehead atoms. The molecule has 1 unspecified atom stereocenters. The standard InChI is InChI=1S/C13H18Cl2N2O2S.ClH/c1-16-13-3-2-4-17(8-13)20(18,19)9-10-5-11(14)7-12(15)6-10;/h5-7,13,16H,2-4,8-9H2,1H3;1H. The predicted octanol–water partition coefficient (Wildman–Crippen LogP) is 2.93. The van der Waals surface area contributed by atoms with Gasteiger partial charge in [-0.15, -0.1) is 12.4 Å². The Morgan fingerprint density at radius 1 is 1.29 bits per heavy atom. The van der Waals surface area contributed by atoms with Crippen LogP contribution in [0.2, 0.25) is 10.0 Å². The summed E-state index contributed by atoms with van der Waals surface area (Å²) in [5, 5.41) is 4.05. The molecule has 0 amide bonds. The maximum atomic E-state index is 12.5. The van der Waals surface area contributed by atoms with E-state index in [1.807, 2.05) is 7.05 Å². The van der Waals surface area contributed by atoms with E-state index in [0.29, 0.717) is 28.7 Å². The number of rotatable bonds is 4. The third-order valence-electron chi connectivity index (χ3n) is 3.46. The largest absolute Gasteiger partial charge is 0.316 e. The van der Waals surface area contributed by atoms with Crippen LogP contribution in [0.4, 0.5) is 0 Å². The van der Waals surface area contributed by atoms with Gasteiger partial charge in [0.25, 0.3) is 0 Å². The van der Waals surface area contributed by atoms with Crippen molar-refractivity contribution in [2.75, 3.05) is 20.1 Å². The van der Waals surface area contributed by atoms with Crippen molar-refractivity contribution in [3.05, 3.63) is 33.8 Å². The van der Waals surface area contributed by atoms with Gasteiger partial charge in [-0.2, -0.15) is 0 Å². The molecule has 0 aromatic heterocycles. The Balaban J connectivity index is 0.00000220. The summed E-state index contributed by atoms with van der Waals surface area (Å²) in [6.07, 6.45) is 1.88. The number of hydrogen-bond acceptors (Lipinski definition) is 3. The van der Waals surface area contributed by atoms with Gasteiger partial charge in [0.1, 0.15) is 0 Å². The summed E-state index contributed by atoms with van der Waals surface area (Å²) < 4.78 is 26.5. The summed E-state index contributed by atoms with van der Waals surface area (Å²) in [5.41, 5.74) is 0.620. The summed E-state index contributed by atoms with van der Waals surface area (Å²) >= 11 is 11.8. The number of nitrogens with one attached hydrogen (secondary N) is 1. The second-order valence-corrected chi connectivity index (χ2v) is 7.86. The SMILES string of the molecule is CNC1CCCN(S(=O)(=O)Cc2cc(Cl)cc(Cl)c2)C1.Cl. The normalized spacial score (nSPS) is 20.0. The highest BCUT2D eigenvalue weighted by molar-refractivity contribution is 7.88. The number of benzene rings is 1. The fourth-order valence-electron chi connectivity index (χ4n) is 2.43. The average Bonchev–Trinajstić information content (AvgIpc) is 2.37. The molecule has 120 valence electrons. The van der Waals surface area contributed by atoms with E-state index >= 15 is 0 Å². The first-order valence-electron chi connectivity index (χ1n) is 6.51. The van der Waals surface area contributed by atoms with E-state index in [1.54, 1.807) is 22.5 Å². The predicted molar refractivity (Wildman–Crippen MR) is 90.0 cm³/mol. The lowest BCUT2D eigenvalue weighted by molar-refractivity contribution is 0.292. The van der Waals surface area contributed by atoms with E-state index in [1.165, 1.54) is 0 Å². The van der Waals surface area contributed by atoms with Crippen molar-refractivity contribution >= 4 is 45.6 Å². The first-order chi connectivity index (χ1) is 9.40.